The van der Waals surface area contributed by atoms with Crippen molar-refractivity contribution in [3.63, 3.8) is 0 Å². The molecule has 1 heterocycles. The second-order valence-corrected chi connectivity index (χ2v) is 6.11. The average Bonchev–Trinajstić information content (AvgIpc) is 2.66. The maximum atomic E-state index is 12.8. The van der Waals surface area contributed by atoms with E-state index in [1.54, 1.807) is 12.1 Å². The van der Waals surface area contributed by atoms with Gasteiger partial charge in [0.15, 0.2) is 11.5 Å². The molecule has 2 N–H and O–H groups in total. The highest BCUT2D eigenvalue weighted by Gasteiger charge is 2.16. The average molecular weight is 391 g/mol. The lowest BCUT2D eigenvalue weighted by Gasteiger charge is -2.19. The third kappa shape index (κ3) is 5.21. The predicted molar refractivity (Wildman–Crippen MR) is 97.9 cm³/mol. The zero-order valence-electron chi connectivity index (χ0n) is 14.1. The first kappa shape index (κ1) is 18.7. The van der Waals surface area contributed by atoms with Crippen molar-refractivity contribution in [2.45, 2.75) is 6.42 Å². The van der Waals surface area contributed by atoms with Crippen molar-refractivity contribution >= 4 is 29.5 Å². The third-order valence-corrected chi connectivity index (χ3v) is 3.93. The molecular weight excluding hydrogens is 375 g/mol. The van der Waals surface area contributed by atoms with E-state index >= 15 is 0 Å². The summed E-state index contributed by atoms with van der Waals surface area (Å²) in [5.41, 5.74) is 5.84. The molecule has 1 aliphatic rings. The lowest BCUT2D eigenvalue weighted by molar-refractivity contribution is -0.126. The zero-order chi connectivity index (χ0) is 19.2. The molecule has 1 aliphatic heterocycles. The molecule has 2 aromatic rings. The molecule has 3 rings (SSSR count). The molecular formula is C19H16ClFN2O4. The first-order valence-electron chi connectivity index (χ1n) is 8.12. The van der Waals surface area contributed by atoms with E-state index < -0.39 is 11.8 Å². The van der Waals surface area contributed by atoms with Crippen molar-refractivity contribution in [2.75, 3.05) is 13.2 Å². The summed E-state index contributed by atoms with van der Waals surface area (Å²) in [6, 6.07) is 8.89. The van der Waals surface area contributed by atoms with Crippen LogP contribution in [0.3, 0.4) is 0 Å². The summed E-state index contributed by atoms with van der Waals surface area (Å²) in [6.45, 7) is 0.860. The first-order valence-corrected chi connectivity index (χ1v) is 8.49. The number of fused-ring (bicyclic) bond motifs is 1. The van der Waals surface area contributed by atoms with Crippen molar-refractivity contribution in [1.82, 2.24) is 10.9 Å². The number of rotatable bonds is 4. The molecule has 140 valence electrons. The molecule has 0 saturated carbocycles. The number of benzene rings is 2. The highest BCUT2D eigenvalue weighted by molar-refractivity contribution is 6.32. The van der Waals surface area contributed by atoms with Gasteiger partial charge in [-0.25, -0.2) is 4.39 Å². The molecule has 0 aliphatic carbocycles. The van der Waals surface area contributed by atoms with Crippen molar-refractivity contribution in [2.24, 2.45) is 0 Å². The highest BCUT2D eigenvalue weighted by Crippen LogP contribution is 2.38. The van der Waals surface area contributed by atoms with Crippen LogP contribution in [0, 0.1) is 5.82 Å². The van der Waals surface area contributed by atoms with E-state index in [0.29, 0.717) is 40.9 Å². The van der Waals surface area contributed by atoms with Crippen LogP contribution >= 0.6 is 11.6 Å². The van der Waals surface area contributed by atoms with Gasteiger partial charge in [-0.1, -0.05) is 23.7 Å². The number of ether oxygens (including phenoxy) is 2. The molecule has 6 nitrogen and oxygen atoms in total. The molecule has 0 bridgehead atoms. The number of amides is 2. The Morgan fingerprint density at radius 3 is 2.63 bits per heavy atom. The maximum Gasteiger partial charge on any atom is 0.262 e. The van der Waals surface area contributed by atoms with Crippen molar-refractivity contribution in [3.05, 3.63) is 64.4 Å². The Bertz CT molecular complexity index is 884. The van der Waals surface area contributed by atoms with Gasteiger partial charge in [0.1, 0.15) is 19.0 Å². The number of hydrogen-bond donors (Lipinski definition) is 2. The molecule has 0 fully saturated rings. The minimum Gasteiger partial charge on any atom is -0.486 e. The van der Waals surface area contributed by atoms with Crippen molar-refractivity contribution in [1.29, 1.82) is 0 Å². The Labute approximate surface area is 159 Å². The summed E-state index contributed by atoms with van der Waals surface area (Å²) in [5.74, 6) is -0.324. The van der Waals surface area contributed by atoms with E-state index in [1.165, 1.54) is 36.4 Å². The summed E-state index contributed by atoms with van der Waals surface area (Å²) in [6.07, 6.45) is 2.80. The predicted octanol–water partition coefficient (Wildman–Crippen LogP) is 2.65. The van der Waals surface area contributed by atoms with E-state index in [-0.39, 0.29) is 12.2 Å². The highest BCUT2D eigenvalue weighted by atomic mass is 35.5. The second-order valence-electron chi connectivity index (χ2n) is 5.70. The van der Waals surface area contributed by atoms with Gasteiger partial charge >= 0.3 is 0 Å². The number of carbonyl (C=O) groups is 2. The van der Waals surface area contributed by atoms with Gasteiger partial charge in [-0.2, -0.15) is 0 Å². The SMILES string of the molecule is O=C(/C=C/c1cc(Cl)c2c(c1)OCCO2)NNC(=O)Cc1ccc(F)cc1. The summed E-state index contributed by atoms with van der Waals surface area (Å²) < 4.78 is 23.7. The minimum absolute atomic E-state index is 0.0159. The summed E-state index contributed by atoms with van der Waals surface area (Å²) in [7, 11) is 0. The van der Waals surface area contributed by atoms with Crippen LogP contribution in [0.15, 0.2) is 42.5 Å². The van der Waals surface area contributed by atoms with Crippen LogP contribution < -0.4 is 20.3 Å². The maximum absolute atomic E-state index is 12.8. The Kier molecular flexibility index (Phi) is 5.93. The largest absolute Gasteiger partial charge is 0.486 e. The lowest BCUT2D eigenvalue weighted by atomic mass is 10.1. The van der Waals surface area contributed by atoms with Gasteiger partial charge in [-0.3, -0.25) is 20.4 Å². The number of halogens is 2. The molecule has 0 aromatic heterocycles. The van der Waals surface area contributed by atoms with E-state index in [4.69, 9.17) is 21.1 Å². The summed E-state index contributed by atoms with van der Waals surface area (Å²) in [5, 5.41) is 0.389. The third-order valence-electron chi connectivity index (χ3n) is 3.65. The molecule has 0 radical (unpaired) electrons. The van der Waals surface area contributed by atoms with Gasteiger partial charge in [0.2, 0.25) is 5.91 Å². The van der Waals surface area contributed by atoms with E-state index in [1.807, 2.05) is 0 Å². The molecule has 8 heteroatoms. The Balaban J connectivity index is 1.52. The molecule has 0 unspecified atom stereocenters. The van der Waals surface area contributed by atoms with Gasteiger partial charge < -0.3 is 9.47 Å². The van der Waals surface area contributed by atoms with Gasteiger partial charge in [0.25, 0.3) is 5.91 Å². The van der Waals surface area contributed by atoms with Gasteiger partial charge in [0.05, 0.1) is 11.4 Å². The van der Waals surface area contributed by atoms with Crippen molar-refractivity contribution in [3.8, 4) is 11.5 Å². The molecule has 2 amide bonds. The fourth-order valence-electron chi connectivity index (χ4n) is 2.40. The number of hydrogen-bond acceptors (Lipinski definition) is 4. The van der Waals surface area contributed by atoms with Gasteiger partial charge in [0, 0.05) is 6.08 Å². The van der Waals surface area contributed by atoms with Crippen LogP contribution in [0.5, 0.6) is 11.5 Å². The standard InChI is InChI=1S/C19H16ClFN2O4/c20-15-9-13(10-16-19(15)27-8-7-26-16)3-6-17(24)22-23-18(25)11-12-1-4-14(21)5-2-12/h1-6,9-10H,7-8,11H2,(H,22,24)(H,23,25)/b6-3+. The number of nitrogens with one attached hydrogen (secondary N) is 2. The van der Waals surface area contributed by atoms with Crippen molar-refractivity contribution < 1.29 is 23.5 Å². The monoisotopic (exact) mass is 390 g/mol. The van der Waals surface area contributed by atoms with E-state index in [0.717, 1.165) is 0 Å². The Morgan fingerprint density at radius 2 is 1.85 bits per heavy atom. The Morgan fingerprint density at radius 1 is 1.11 bits per heavy atom. The fraction of sp³-hybridized carbons (Fsp3) is 0.158. The zero-order valence-corrected chi connectivity index (χ0v) is 14.9. The normalized spacial score (nSPS) is 12.7. The molecule has 0 atom stereocenters. The first-order chi connectivity index (χ1) is 13.0. The Hall–Kier alpha value is -3.06. The number of carbonyl (C=O) groups excluding carboxylic acids is 2. The lowest BCUT2D eigenvalue weighted by Crippen LogP contribution is -2.41. The second kappa shape index (κ2) is 8.55. The van der Waals surface area contributed by atoms with Crippen LogP contribution in [0.4, 0.5) is 4.39 Å². The molecule has 0 saturated heterocycles. The fourth-order valence-corrected chi connectivity index (χ4v) is 2.68. The topological polar surface area (TPSA) is 76.7 Å². The van der Waals surface area contributed by atoms with Crippen LogP contribution in [-0.4, -0.2) is 25.0 Å². The quantitative estimate of drug-likeness (QED) is 0.621. The molecule has 2 aromatic carbocycles. The van der Waals surface area contributed by atoms with E-state index in [2.05, 4.69) is 10.9 Å². The van der Waals surface area contributed by atoms with E-state index in [9.17, 15) is 14.0 Å². The van der Waals surface area contributed by atoms with Gasteiger partial charge in [-0.05, 0) is 41.5 Å². The number of hydrazine groups is 1. The van der Waals surface area contributed by atoms with Crippen LogP contribution in [-0.2, 0) is 16.0 Å². The summed E-state index contributed by atoms with van der Waals surface area (Å²) in [4.78, 5) is 23.6. The minimum atomic E-state index is -0.520. The van der Waals surface area contributed by atoms with Gasteiger partial charge in [-0.15, -0.1) is 0 Å². The van der Waals surface area contributed by atoms with Crippen LogP contribution in [0.1, 0.15) is 11.1 Å². The molecule has 27 heavy (non-hydrogen) atoms. The van der Waals surface area contributed by atoms with Crippen LogP contribution in [0.2, 0.25) is 5.02 Å². The smallest absolute Gasteiger partial charge is 0.262 e. The summed E-state index contributed by atoms with van der Waals surface area (Å²) >= 11 is 6.13. The van der Waals surface area contributed by atoms with Crippen LogP contribution in [0.25, 0.3) is 6.08 Å². The molecule has 0 spiro atoms.